The van der Waals surface area contributed by atoms with Gasteiger partial charge in [-0.1, -0.05) is 13.8 Å². The number of nitrogens with one attached hydrogen (secondary N) is 1. The highest BCUT2D eigenvalue weighted by atomic mass is 16.3. The van der Waals surface area contributed by atoms with Gasteiger partial charge < -0.3 is 10.4 Å². The molecule has 0 rings (SSSR count). The van der Waals surface area contributed by atoms with Crippen LogP contribution in [0.4, 0.5) is 0 Å². The van der Waals surface area contributed by atoms with E-state index in [1.165, 1.54) is 0 Å². The second-order valence-corrected chi connectivity index (χ2v) is 3.27. The van der Waals surface area contributed by atoms with Crippen LogP contribution in [0.1, 0.15) is 33.6 Å². The molecule has 0 aliphatic heterocycles. The summed E-state index contributed by atoms with van der Waals surface area (Å²) < 4.78 is 0. The van der Waals surface area contributed by atoms with Crippen LogP contribution < -0.4 is 5.32 Å². The highest BCUT2D eigenvalue weighted by molar-refractivity contribution is 5.76. The largest absolute Gasteiger partial charge is 0.396 e. The predicted octanol–water partition coefficient (Wildman–Crippen LogP) is 0.920. The Bertz CT molecular complexity index is 136. The van der Waals surface area contributed by atoms with Gasteiger partial charge in [0.1, 0.15) is 0 Å². The van der Waals surface area contributed by atoms with Crippen LogP contribution >= 0.6 is 0 Å². The van der Waals surface area contributed by atoms with Crippen LogP contribution in [-0.4, -0.2) is 23.7 Å². The van der Waals surface area contributed by atoms with E-state index in [0.717, 1.165) is 6.42 Å². The summed E-state index contributed by atoms with van der Waals surface area (Å²) >= 11 is 0. The first-order chi connectivity index (χ1) is 5.61. The number of aliphatic hydroxyl groups is 1. The van der Waals surface area contributed by atoms with E-state index in [1.807, 2.05) is 20.8 Å². The minimum Gasteiger partial charge on any atom is -0.396 e. The monoisotopic (exact) mass is 173 g/mol. The highest BCUT2D eigenvalue weighted by Crippen LogP contribution is 2.01. The minimum atomic E-state index is 0.0639. The lowest BCUT2D eigenvalue weighted by atomic mass is 10.1. The van der Waals surface area contributed by atoms with Gasteiger partial charge in [0.05, 0.1) is 0 Å². The number of amides is 1. The van der Waals surface area contributed by atoms with Crippen LogP contribution in [0.15, 0.2) is 0 Å². The van der Waals surface area contributed by atoms with Gasteiger partial charge in [-0.25, -0.2) is 0 Å². The summed E-state index contributed by atoms with van der Waals surface area (Å²) in [6.45, 7) is 5.92. The van der Waals surface area contributed by atoms with Crippen LogP contribution in [0.25, 0.3) is 0 Å². The zero-order valence-corrected chi connectivity index (χ0v) is 8.13. The zero-order chi connectivity index (χ0) is 9.56. The van der Waals surface area contributed by atoms with E-state index >= 15 is 0 Å². The predicted molar refractivity (Wildman–Crippen MR) is 48.8 cm³/mol. The van der Waals surface area contributed by atoms with Crippen molar-refractivity contribution in [3.8, 4) is 0 Å². The number of hydrogen-bond acceptors (Lipinski definition) is 2. The van der Waals surface area contributed by atoms with Gasteiger partial charge in [0.2, 0.25) is 5.91 Å². The number of hydrogen-bond donors (Lipinski definition) is 2. The maximum Gasteiger partial charge on any atom is 0.220 e. The average molecular weight is 173 g/mol. The molecule has 0 heterocycles. The Morgan fingerprint density at radius 2 is 2.08 bits per heavy atom. The minimum absolute atomic E-state index is 0.0639. The molecule has 2 N–H and O–H groups in total. The molecule has 0 aromatic heterocycles. The van der Waals surface area contributed by atoms with Gasteiger partial charge in [-0.15, -0.1) is 0 Å². The fourth-order valence-corrected chi connectivity index (χ4v) is 0.854. The van der Waals surface area contributed by atoms with Crippen molar-refractivity contribution >= 4 is 5.91 Å². The smallest absolute Gasteiger partial charge is 0.220 e. The maximum absolute atomic E-state index is 11.1. The Balaban J connectivity index is 3.67. The van der Waals surface area contributed by atoms with Gasteiger partial charge >= 0.3 is 0 Å². The van der Waals surface area contributed by atoms with Gasteiger partial charge in [-0.05, 0) is 19.3 Å². The number of aliphatic hydroxyl groups excluding tert-OH is 1. The van der Waals surface area contributed by atoms with E-state index in [0.29, 0.717) is 6.42 Å². The Hall–Kier alpha value is -0.570. The molecule has 0 fully saturated rings. The van der Waals surface area contributed by atoms with Crippen molar-refractivity contribution < 1.29 is 9.90 Å². The molecule has 1 amide bonds. The Labute approximate surface area is 74.2 Å². The third kappa shape index (κ3) is 4.34. The standard InChI is InChI=1S/C9H19NO2/c1-4-5-9(12)10-8(3)7(2)6-11/h7-8,11H,4-6H2,1-3H3,(H,10,12). The Morgan fingerprint density at radius 3 is 2.50 bits per heavy atom. The van der Waals surface area contributed by atoms with Gasteiger partial charge in [-0.2, -0.15) is 0 Å². The second-order valence-electron chi connectivity index (χ2n) is 3.27. The number of rotatable bonds is 5. The van der Waals surface area contributed by atoms with Crippen LogP contribution in [0, 0.1) is 5.92 Å². The SMILES string of the molecule is CCCC(=O)NC(C)C(C)CO. The van der Waals surface area contributed by atoms with E-state index in [4.69, 9.17) is 5.11 Å². The summed E-state index contributed by atoms with van der Waals surface area (Å²) in [6.07, 6.45) is 1.44. The molecule has 0 aliphatic carbocycles. The molecule has 0 aromatic carbocycles. The molecule has 12 heavy (non-hydrogen) atoms. The van der Waals surface area contributed by atoms with Gasteiger partial charge in [-0.3, -0.25) is 4.79 Å². The lowest BCUT2D eigenvalue weighted by Gasteiger charge is -2.18. The molecule has 2 atom stereocenters. The van der Waals surface area contributed by atoms with Gasteiger partial charge in [0.15, 0.2) is 0 Å². The quantitative estimate of drug-likeness (QED) is 0.649. The summed E-state index contributed by atoms with van der Waals surface area (Å²) in [4.78, 5) is 11.1. The van der Waals surface area contributed by atoms with Crippen molar-refractivity contribution in [1.29, 1.82) is 0 Å². The van der Waals surface area contributed by atoms with Crippen molar-refractivity contribution in [2.24, 2.45) is 5.92 Å². The molecule has 72 valence electrons. The molecular formula is C9H19NO2. The maximum atomic E-state index is 11.1. The molecule has 0 bridgehead atoms. The van der Waals surface area contributed by atoms with Crippen LogP contribution in [0.3, 0.4) is 0 Å². The van der Waals surface area contributed by atoms with Crippen molar-refractivity contribution in [2.75, 3.05) is 6.61 Å². The first kappa shape index (κ1) is 11.4. The second kappa shape index (κ2) is 6.00. The van der Waals surface area contributed by atoms with Crippen LogP contribution in [0.5, 0.6) is 0 Å². The summed E-state index contributed by atoms with van der Waals surface area (Å²) in [7, 11) is 0. The van der Waals surface area contributed by atoms with E-state index in [2.05, 4.69) is 5.32 Å². The molecule has 0 aliphatic rings. The number of carbonyl (C=O) groups is 1. The van der Waals surface area contributed by atoms with Crippen molar-refractivity contribution in [2.45, 2.75) is 39.7 Å². The lowest BCUT2D eigenvalue weighted by Crippen LogP contribution is -2.38. The Kier molecular flexibility index (Phi) is 5.72. The van der Waals surface area contributed by atoms with Gasteiger partial charge in [0.25, 0.3) is 0 Å². The fourth-order valence-electron chi connectivity index (χ4n) is 0.854. The molecular weight excluding hydrogens is 154 g/mol. The zero-order valence-electron chi connectivity index (χ0n) is 8.13. The van der Waals surface area contributed by atoms with E-state index in [-0.39, 0.29) is 24.5 Å². The molecule has 3 nitrogen and oxygen atoms in total. The first-order valence-corrected chi connectivity index (χ1v) is 4.52. The number of carbonyl (C=O) groups excluding carboxylic acids is 1. The molecule has 0 radical (unpaired) electrons. The van der Waals surface area contributed by atoms with E-state index < -0.39 is 0 Å². The topological polar surface area (TPSA) is 49.3 Å². The molecule has 0 spiro atoms. The van der Waals surface area contributed by atoms with E-state index in [9.17, 15) is 4.79 Å². The molecule has 0 saturated carbocycles. The molecule has 0 saturated heterocycles. The van der Waals surface area contributed by atoms with E-state index in [1.54, 1.807) is 0 Å². The fraction of sp³-hybridized carbons (Fsp3) is 0.889. The Morgan fingerprint density at radius 1 is 1.50 bits per heavy atom. The van der Waals surface area contributed by atoms with Crippen molar-refractivity contribution in [3.63, 3.8) is 0 Å². The summed E-state index contributed by atoms with van der Waals surface area (Å²) in [6, 6.07) is 0.0639. The third-order valence-electron chi connectivity index (χ3n) is 2.01. The van der Waals surface area contributed by atoms with Crippen molar-refractivity contribution in [3.05, 3.63) is 0 Å². The molecule has 3 heteroatoms. The molecule has 2 unspecified atom stereocenters. The normalized spacial score (nSPS) is 15.3. The first-order valence-electron chi connectivity index (χ1n) is 4.52. The third-order valence-corrected chi connectivity index (χ3v) is 2.01. The summed E-state index contributed by atoms with van der Waals surface area (Å²) in [5, 5.41) is 11.6. The average Bonchev–Trinajstić information content (AvgIpc) is 2.03. The van der Waals surface area contributed by atoms with Crippen LogP contribution in [-0.2, 0) is 4.79 Å². The van der Waals surface area contributed by atoms with Gasteiger partial charge in [0, 0.05) is 19.1 Å². The van der Waals surface area contributed by atoms with Crippen molar-refractivity contribution in [1.82, 2.24) is 5.32 Å². The lowest BCUT2D eigenvalue weighted by molar-refractivity contribution is -0.122. The summed E-state index contributed by atoms with van der Waals surface area (Å²) in [5.74, 6) is 0.205. The van der Waals surface area contributed by atoms with Crippen LogP contribution in [0.2, 0.25) is 0 Å². The summed E-state index contributed by atoms with van der Waals surface area (Å²) in [5.41, 5.74) is 0. The molecule has 0 aromatic rings. The highest BCUT2D eigenvalue weighted by Gasteiger charge is 2.12.